The van der Waals surface area contributed by atoms with E-state index in [2.05, 4.69) is 33.6 Å². The van der Waals surface area contributed by atoms with Gasteiger partial charge >= 0.3 is 0 Å². The molecule has 0 saturated carbocycles. The van der Waals surface area contributed by atoms with Crippen molar-refractivity contribution in [1.29, 1.82) is 0 Å². The number of aryl methyl sites for hydroxylation is 3. The van der Waals surface area contributed by atoms with E-state index < -0.39 is 0 Å². The maximum Gasteiger partial charge on any atom is 0.264 e. The highest BCUT2D eigenvalue weighted by Gasteiger charge is 2.13. The third-order valence-corrected chi connectivity index (χ3v) is 4.15. The van der Waals surface area contributed by atoms with Gasteiger partial charge in [-0.1, -0.05) is 24.3 Å². The van der Waals surface area contributed by atoms with Crippen LogP contribution in [0.1, 0.15) is 30.3 Å². The smallest absolute Gasteiger partial charge is 0.264 e. The van der Waals surface area contributed by atoms with Crippen molar-refractivity contribution in [3.05, 3.63) is 35.2 Å². The summed E-state index contributed by atoms with van der Waals surface area (Å²) in [4.78, 5) is 12.7. The molecule has 0 saturated heterocycles. The number of nitrogens with zero attached hydrogens (tertiary/aromatic N) is 4. The van der Waals surface area contributed by atoms with E-state index in [0.717, 1.165) is 29.8 Å². The Morgan fingerprint density at radius 2 is 2.00 bits per heavy atom. The van der Waals surface area contributed by atoms with Crippen LogP contribution >= 0.6 is 11.3 Å². The molecule has 8 heteroatoms. The summed E-state index contributed by atoms with van der Waals surface area (Å²) < 4.78 is 7.22. The van der Waals surface area contributed by atoms with E-state index >= 15 is 0 Å². The summed E-state index contributed by atoms with van der Waals surface area (Å²) in [5.74, 6) is 1.23. The molecular weight excluding hydrogens is 326 g/mol. The van der Waals surface area contributed by atoms with Crippen molar-refractivity contribution in [2.45, 2.75) is 33.6 Å². The van der Waals surface area contributed by atoms with Crippen LogP contribution in [-0.2, 0) is 11.2 Å². The topological polar surface area (TPSA) is 81.4 Å². The van der Waals surface area contributed by atoms with Crippen LogP contribution in [0.3, 0.4) is 0 Å². The molecule has 3 aromatic rings. The number of rotatable bonds is 6. The molecule has 0 atom stereocenters. The molecule has 0 unspecified atom stereocenters. The van der Waals surface area contributed by atoms with Gasteiger partial charge in [0.15, 0.2) is 12.4 Å². The van der Waals surface area contributed by atoms with Crippen LogP contribution in [0.2, 0.25) is 0 Å². The number of fused-ring (bicyclic) bond motifs is 1. The third kappa shape index (κ3) is 3.70. The van der Waals surface area contributed by atoms with Gasteiger partial charge in [-0.3, -0.25) is 10.1 Å². The number of benzene rings is 1. The molecule has 2 aromatic heterocycles. The van der Waals surface area contributed by atoms with Gasteiger partial charge < -0.3 is 4.74 Å². The van der Waals surface area contributed by atoms with Crippen LogP contribution in [0.5, 0.6) is 5.75 Å². The molecule has 24 heavy (non-hydrogen) atoms. The zero-order valence-electron chi connectivity index (χ0n) is 13.9. The minimum Gasteiger partial charge on any atom is -0.484 e. The standard InChI is InChI=1S/C16H19N5O2S/c1-4-5-13-18-19-16-21(13)20-15(24-16)17-14(22)9-23-12-7-10(2)6-11(3)8-12/h6-8H,4-5,9H2,1-3H3,(H,17,20,22). The monoisotopic (exact) mass is 345 g/mol. The first kappa shape index (κ1) is 16.4. The Morgan fingerprint density at radius 3 is 2.71 bits per heavy atom. The molecule has 1 N–H and O–H groups in total. The van der Waals surface area contributed by atoms with Crippen molar-refractivity contribution in [2.24, 2.45) is 0 Å². The molecule has 0 radical (unpaired) electrons. The number of hydrogen-bond donors (Lipinski definition) is 1. The molecule has 0 aliphatic carbocycles. The van der Waals surface area contributed by atoms with Gasteiger partial charge in [0.25, 0.3) is 5.91 Å². The van der Waals surface area contributed by atoms with Gasteiger partial charge in [0.1, 0.15) is 5.75 Å². The molecule has 0 fully saturated rings. The lowest BCUT2D eigenvalue weighted by atomic mass is 10.1. The fraction of sp³-hybridized carbons (Fsp3) is 0.375. The van der Waals surface area contributed by atoms with E-state index in [-0.39, 0.29) is 12.5 Å². The van der Waals surface area contributed by atoms with Crippen LogP contribution in [0.4, 0.5) is 5.13 Å². The predicted octanol–water partition coefficient (Wildman–Crippen LogP) is 2.77. The summed E-state index contributed by atoms with van der Waals surface area (Å²) >= 11 is 1.29. The van der Waals surface area contributed by atoms with Crippen LogP contribution in [0.15, 0.2) is 18.2 Å². The van der Waals surface area contributed by atoms with Gasteiger partial charge in [-0.05, 0) is 43.5 Å². The first-order valence-electron chi connectivity index (χ1n) is 7.77. The van der Waals surface area contributed by atoms with Crippen molar-refractivity contribution in [3.63, 3.8) is 0 Å². The van der Waals surface area contributed by atoms with E-state index in [1.807, 2.05) is 26.0 Å². The SMILES string of the molecule is CCCc1nnc2sc(NC(=O)COc3cc(C)cc(C)c3)nn12. The van der Waals surface area contributed by atoms with Gasteiger partial charge in [-0.15, -0.1) is 15.3 Å². The summed E-state index contributed by atoms with van der Waals surface area (Å²) in [6, 6.07) is 5.86. The largest absolute Gasteiger partial charge is 0.484 e. The van der Waals surface area contributed by atoms with E-state index in [1.165, 1.54) is 11.3 Å². The second-order valence-electron chi connectivity index (χ2n) is 5.63. The Morgan fingerprint density at radius 1 is 1.25 bits per heavy atom. The van der Waals surface area contributed by atoms with Gasteiger partial charge in [0, 0.05) is 6.42 Å². The number of nitrogens with one attached hydrogen (secondary N) is 1. The molecule has 3 rings (SSSR count). The van der Waals surface area contributed by atoms with E-state index in [1.54, 1.807) is 4.52 Å². The number of carbonyl (C=O) groups is 1. The van der Waals surface area contributed by atoms with Crippen LogP contribution < -0.4 is 10.1 Å². The molecule has 0 aliphatic heterocycles. The molecule has 7 nitrogen and oxygen atoms in total. The summed E-state index contributed by atoms with van der Waals surface area (Å²) in [5, 5.41) is 15.7. The predicted molar refractivity (Wildman–Crippen MR) is 92.7 cm³/mol. The molecular formula is C16H19N5O2S. The van der Waals surface area contributed by atoms with Crippen molar-refractivity contribution < 1.29 is 9.53 Å². The Bertz CT molecular complexity index is 850. The molecule has 126 valence electrons. The molecule has 1 aromatic carbocycles. The Hall–Kier alpha value is -2.48. The van der Waals surface area contributed by atoms with Crippen molar-refractivity contribution in [3.8, 4) is 5.75 Å². The van der Waals surface area contributed by atoms with E-state index in [4.69, 9.17) is 4.74 Å². The summed E-state index contributed by atoms with van der Waals surface area (Å²) in [7, 11) is 0. The molecule has 0 bridgehead atoms. The normalized spacial score (nSPS) is 11.0. The van der Waals surface area contributed by atoms with Crippen molar-refractivity contribution in [1.82, 2.24) is 19.8 Å². The second kappa shape index (κ2) is 6.96. The second-order valence-corrected chi connectivity index (χ2v) is 6.58. The number of aromatic nitrogens is 4. The van der Waals surface area contributed by atoms with Gasteiger partial charge in [0.05, 0.1) is 0 Å². The summed E-state index contributed by atoms with van der Waals surface area (Å²) in [5.41, 5.74) is 2.20. The highest BCUT2D eigenvalue weighted by molar-refractivity contribution is 7.20. The number of ether oxygens (including phenoxy) is 1. The number of amides is 1. The Labute approximate surface area is 143 Å². The summed E-state index contributed by atoms with van der Waals surface area (Å²) in [6.45, 7) is 5.99. The minimum absolute atomic E-state index is 0.0646. The van der Waals surface area contributed by atoms with E-state index in [9.17, 15) is 4.79 Å². The van der Waals surface area contributed by atoms with Crippen molar-refractivity contribution >= 4 is 27.3 Å². The maximum atomic E-state index is 12.1. The minimum atomic E-state index is -0.254. The van der Waals surface area contributed by atoms with Gasteiger partial charge in [-0.25, -0.2) is 0 Å². The molecule has 1 amide bonds. The quantitative estimate of drug-likeness (QED) is 0.743. The first-order chi connectivity index (χ1) is 11.5. The Kier molecular flexibility index (Phi) is 4.75. The average Bonchev–Trinajstić information content (AvgIpc) is 3.06. The average molecular weight is 345 g/mol. The molecule has 0 spiro atoms. The highest BCUT2D eigenvalue weighted by Crippen LogP contribution is 2.20. The maximum absolute atomic E-state index is 12.1. The Balaban J connectivity index is 1.62. The molecule has 2 heterocycles. The number of carbonyl (C=O) groups excluding carboxylic acids is 1. The van der Waals surface area contributed by atoms with E-state index in [0.29, 0.717) is 15.8 Å². The van der Waals surface area contributed by atoms with Gasteiger partial charge in [-0.2, -0.15) is 4.52 Å². The molecule has 0 aliphatic rings. The third-order valence-electron chi connectivity index (χ3n) is 3.34. The lowest BCUT2D eigenvalue weighted by Crippen LogP contribution is -2.20. The van der Waals surface area contributed by atoms with Gasteiger partial charge in [0.2, 0.25) is 10.1 Å². The summed E-state index contributed by atoms with van der Waals surface area (Å²) in [6.07, 6.45) is 1.76. The lowest BCUT2D eigenvalue weighted by Gasteiger charge is -2.07. The lowest BCUT2D eigenvalue weighted by molar-refractivity contribution is -0.118. The van der Waals surface area contributed by atoms with Crippen molar-refractivity contribution in [2.75, 3.05) is 11.9 Å². The zero-order chi connectivity index (χ0) is 17.1. The zero-order valence-corrected chi connectivity index (χ0v) is 14.7. The fourth-order valence-corrected chi connectivity index (χ4v) is 3.18. The number of anilines is 1. The van der Waals surface area contributed by atoms with Crippen LogP contribution in [0.25, 0.3) is 4.96 Å². The number of hydrogen-bond acceptors (Lipinski definition) is 6. The highest BCUT2D eigenvalue weighted by atomic mass is 32.1. The first-order valence-corrected chi connectivity index (χ1v) is 8.59. The fourth-order valence-electron chi connectivity index (χ4n) is 2.41. The van der Waals surface area contributed by atoms with Crippen LogP contribution in [-0.4, -0.2) is 32.3 Å². The van der Waals surface area contributed by atoms with Crippen LogP contribution in [0, 0.1) is 13.8 Å².